The van der Waals surface area contributed by atoms with Gasteiger partial charge >= 0.3 is 0 Å². The Morgan fingerprint density at radius 1 is 1.47 bits per heavy atom. The predicted molar refractivity (Wildman–Crippen MR) is 69.7 cm³/mol. The molecular weight excluding hydrogens is 242 g/mol. The summed E-state index contributed by atoms with van der Waals surface area (Å²) in [6.45, 7) is 2.07. The summed E-state index contributed by atoms with van der Waals surface area (Å²) in [5.74, 6) is 1.90. The first-order chi connectivity index (χ1) is 9.22. The van der Waals surface area contributed by atoms with Crippen molar-refractivity contribution in [2.24, 2.45) is 5.73 Å². The van der Waals surface area contributed by atoms with Crippen molar-refractivity contribution < 1.29 is 9.26 Å². The summed E-state index contributed by atoms with van der Waals surface area (Å²) in [5.41, 5.74) is 8.66. The van der Waals surface area contributed by atoms with Gasteiger partial charge in [0, 0.05) is 6.04 Å². The third kappa shape index (κ3) is 2.61. The monoisotopic (exact) mass is 259 g/mol. The number of aromatic nitrogens is 2. The molecule has 1 aliphatic carbocycles. The van der Waals surface area contributed by atoms with Crippen LogP contribution in [0.4, 0.5) is 0 Å². The highest BCUT2D eigenvalue weighted by Gasteiger charge is 2.17. The van der Waals surface area contributed by atoms with Crippen LogP contribution in [-0.2, 0) is 13.0 Å². The summed E-state index contributed by atoms with van der Waals surface area (Å²) in [5, 5.41) is 3.73. The molecule has 2 N–H and O–H groups in total. The second-order valence-corrected chi connectivity index (χ2v) is 4.88. The Balaban J connectivity index is 1.73. The summed E-state index contributed by atoms with van der Waals surface area (Å²) in [6, 6.07) is 6.23. The average Bonchev–Trinajstić information content (AvgIpc) is 2.83. The lowest BCUT2D eigenvalue weighted by molar-refractivity contribution is 0.242. The Hall–Kier alpha value is -1.88. The quantitative estimate of drug-likeness (QED) is 0.915. The van der Waals surface area contributed by atoms with Crippen molar-refractivity contribution in [3.05, 3.63) is 41.0 Å². The third-order valence-corrected chi connectivity index (χ3v) is 3.41. The van der Waals surface area contributed by atoms with Crippen molar-refractivity contribution >= 4 is 0 Å². The lowest BCUT2D eigenvalue weighted by Crippen LogP contribution is -2.17. The van der Waals surface area contributed by atoms with Crippen LogP contribution < -0.4 is 10.5 Å². The summed E-state index contributed by atoms with van der Waals surface area (Å²) in [7, 11) is 0. The van der Waals surface area contributed by atoms with Crippen molar-refractivity contribution in [2.75, 3.05) is 0 Å². The largest absolute Gasteiger partial charge is 0.484 e. The van der Waals surface area contributed by atoms with Crippen molar-refractivity contribution in [3.63, 3.8) is 0 Å². The zero-order chi connectivity index (χ0) is 13.2. The topological polar surface area (TPSA) is 74.2 Å². The fourth-order valence-electron chi connectivity index (χ4n) is 2.45. The van der Waals surface area contributed by atoms with Crippen LogP contribution in [-0.4, -0.2) is 10.1 Å². The van der Waals surface area contributed by atoms with E-state index < -0.39 is 0 Å². The van der Waals surface area contributed by atoms with Crippen LogP contribution in [0.5, 0.6) is 5.75 Å². The third-order valence-electron chi connectivity index (χ3n) is 3.41. The first-order valence-electron chi connectivity index (χ1n) is 6.53. The van der Waals surface area contributed by atoms with E-state index in [1.807, 2.05) is 12.1 Å². The fourth-order valence-corrected chi connectivity index (χ4v) is 2.45. The minimum absolute atomic E-state index is 0.123. The summed E-state index contributed by atoms with van der Waals surface area (Å²) in [6.07, 6.45) is 3.31. The van der Waals surface area contributed by atoms with Crippen molar-refractivity contribution in [1.29, 1.82) is 0 Å². The van der Waals surface area contributed by atoms with Gasteiger partial charge in [0.1, 0.15) is 5.75 Å². The normalized spacial score (nSPS) is 18.1. The number of benzene rings is 1. The van der Waals surface area contributed by atoms with Crippen LogP contribution in [0, 0.1) is 6.92 Å². The van der Waals surface area contributed by atoms with Crippen molar-refractivity contribution in [1.82, 2.24) is 10.1 Å². The van der Waals surface area contributed by atoms with Crippen LogP contribution in [0.2, 0.25) is 0 Å². The van der Waals surface area contributed by atoms with Crippen LogP contribution in [0.15, 0.2) is 22.7 Å². The van der Waals surface area contributed by atoms with E-state index >= 15 is 0 Å². The Kier molecular flexibility index (Phi) is 3.21. The fraction of sp³-hybridized carbons (Fsp3) is 0.429. The van der Waals surface area contributed by atoms with E-state index in [-0.39, 0.29) is 12.6 Å². The van der Waals surface area contributed by atoms with Gasteiger partial charge in [-0.25, -0.2) is 0 Å². The highest BCUT2D eigenvalue weighted by molar-refractivity contribution is 5.39. The predicted octanol–water partition coefficient (Wildman–Crippen LogP) is 2.29. The summed E-state index contributed by atoms with van der Waals surface area (Å²) >= 11 is 0. The highest BCUT2D eigenvalue weighted by Crippen LogP contribution is 2.31. The lowest BCUT2D eigenvalue weighted by atomic mass is 9.88. The number of nitrogens with zero attached hydrogens (tertiary/aromatic N) is 2. The molecule has 3 rings (SSSR count). The minimum Gasteiger partial charge on any atom is -0.484 e. The van der Waals surface area contributed by atoms with E-state index in [1.54, 1.807) is 6.92 Å². The van der Waals surface area contributed by atoms with E-state index in [0.717, 1.165) is 25.0 Å². The van der Waals surface area contributed by atoms with E-state index in [9.17, 15) is 0 Å². The molecule has 1 heterocycles. The van der Waals surface area contributed by atoms with Crippen molar-refractivity contribution in [2.45, 2.75) is 38.8 Å². The lowest BCUT2D eigenvalue weighted by Gasteiger charge is -2.22. The molecule has 0 spiro atoms. The number of hydrogen-bond donors (Lipinski definition) is 1. The van der Waals surface area contributed by atoms with Gasteiger partial charge in [-0.05, 0) is 49.4 Å². The molecule has 0 fully saturated rings. The Labute approximate surface area is 111 Å². The SMILES string of the molecule is Cc1noc(COc2ccc3c(c2)[C@H](N)CCC3)n1. The van der Waals surface area contributed by atoms with E-state index in [2.05, 4.69) is 16.2 Å². The van der Waals surface area contributed by atoms with Gasteiger partial charge in [-0.3, -0.25) is 0 Å². The molecule has 1 aromatic carbocycles. The Morgan fingerprint density at radius 3 is 3.16 bits per heavy atom. The molecule has 2 aromatic rings. The first-order valence-corrected chi connectivity index (χ1v) is 6.53. The van der Waals surface area contributed by atoms with E-state index in [0.29, 0.717) is 11.7 Å². The Morgan fingerprint density at radius 2 is 2.37 bits per heavy atom. The number of aryl methyl sites for hydroxylation is 2. The number of ether oxygens (including phenoxy) is 1. The smallest absolute Gasteiger partial charge is 0.264 e. The van der Waals surface area contributed by atoms with Gasteiger partial charge in [0.05, 0.1) is 0 Å². The first kappa shape index (κ1) is 12.2. The molecule has 0 bridgehead atoms. The molecule has 100 valence electrons. The molecule has 19 heavy (non-hydrogen) atoms. The van der Waals surface area contributed by atoms with Gasteiger partial charge in [-0.15, -0.1) is 0 Å². The molecule has 0 amide bonds. The maximum atomic E-state index is 6.13. The summed E-state index contributed by atoms with van der Waals surface area (Å²) in [4.78, 5) is 4.10. The zero-order valence-electron chi connectivity index (χ0n) is 10.9. The number of fused-ring (bicyclic) bond motifs is 1. The molecule has 0 saturated carbocycles. The average molecular weight is 259 g/mol. The van der Waals surface area contributed by atoms with Gasteiger partial charge in [0.2, 0.25) is 0 Å². The standard InChI is InChI=1S/C14H17N3O2/c1-9-16-14(19-17-9)8-18-11-6-5-10-3-2-4-13(15)12(10)7-11/h5-7,13H,2-4,8,15H2,1H3/t13-/m1/s1. The van der Waals surface area contributed by atoms with Crippen LogP contribution in [0.25, 0.3) is 0 Å². The molecule has 1 atom stereocenters. The number of hydrogen-bond acceptors (Lipinski definition) is 5. The molecule has 1 aliphatic rings. The van der Waals surface area contributed by atoms with Gasteiger partial charge in [-0.1, -0.05) is 11.2 Å². The van der Waals surface area contributed by atoms with Gasteiger partial charge in [0.25, 0.3) is 5.89 Å². The highest BCUT2D eigenvalue weighted by atomic mass is 16.5. The van der Waals surface area contributed by atoms with Gasteiger partial charge in [-0.2, -0.15) is 4.98 Å². The van der Waals surface area contributed by atoms with Gasteiger partial charge < -0.3 is 15.0 Å². The minimum atomic E-state index is 0.123. The zero-order valence-corrected chi connectivity index (χ0v) is 10.9. The maximum Gasteiger partial charge on any atom is 0.264 e. The van der Waals surface area contributed by atoms with E-state index in [1.165, 1.54) is 11.1 Å². The number of rotatable bonds is 3. The molecule has 1 aromatic heterocycles. The maximum absolute atomic E-state index is 6.13. The van der Waals surface area contributed by atoms with Crippen molar-refractivity contribution in [3.8, 4) is 5.75 Å². The molecule has 0 radical (unpaired) electrons. The number of nitrogens with two attached hydrogens (primary N) is 1. The molecule has 5 heteroatoms. The van der Waals surface area contributed by atoms with Gasteiger partial charge in [0.15, 0.2) is 12.4 Å². The Bertz CT molecular complexity index is 580. The summed E-state index contributed by atoms with van der Waals surface area (Å²) < 4.78 is 10.7. The molecule has 0 saturated heterocycles. The molecule has 5 nitrogen and oxygen atoms in total. The van der Waals surface area contributed by atoms with Crippen LogP contribution in [0.1, 0.15) is 41.7 Å². The molecular formula is C14H17N3O2. The molecule has 0 unspecified atom stereocenters. The van der Waals surface area contributed by atoms with Crippen LogP contribution >= 0.6 is 0 Å². The second-order valence-electron chi connectivity index (χ2n) is 4.88. The molecule has 0 aliphatic heterocycles. The van der Waals surface area contributed by atoms with E-state index in [4.69, 9.17) is 15.0 Å². The van der Waals surface area contributed by atoms with Crippen LogP contribution in [0.3, 0.4) is 0 Å². The second kappa shape index (κ2) is 5.01.